The lowest BCUT2D eigenvalue weighted by Gasteiger charge is -2.20. The lowest BCUT2D eigenvalue weighted by atomic mass is 10.1. The molecule has 0 bridgehead atoms. The van der Waals surface area contributed by atoms with E-state index in [1.54, 1.807) is 6.08 Å². The van der Waals surface area contributed by atoms with Crippen molar-refractivity contribution in [3.8, 4) is 0 Å². The minimum absolute atomic E-state index is 0.0318. The van der Waals surface area contributed by atoms with E-state index in [1.807, 2.05) is 60.8 Å². The monoisotopic (exact) mass is 912 g/mol. The Balaban J connectivity index is 4.77. The summed E-state index contributed by atoms with van der Waals surface area (Å²) in [7, 11) is -9.74. The number of unbranched alkanes of at least 4 members (excludes halogenated alkanes) is 5. The molecule has 4 atom stereocenters. The summed E-state index contributed by atoms with van der Waals surface area (Å²) in [6.07, 6.45) is 45.6. The molecule has 0 aliphatic rings. The van der Waals surface area contributed by atoms with Crippen LogP contribution in [0, 0.1) is 0 Å². The number of esters is 2. The largest absolute Gasteiger partial charge is 0.472 e. The number of phosphoric acid groups is 2. The second-order valence-electron chi connectivity index (χ2n) is 14.1. The molecule has 0 amide bonds. The molecular weight excluding hydrogens is 838 g/mol. The predicted molar refractivity (Wildman–Crippen MR) is 245 cm³/mol. The van der Waals surface area contributed by atoms with Gasteiger partial charge in [0.15, 0.2) is 6.10 Å². The average Bonchev–Trinajstić information content (AvgIpc) is 3.23. The fourth-order valence-corrected chi connectivity index (χ4v) is 6.09. The van der Waals surface area contributed by atoms with E-state index in [9.17, 15) is 33.8 Å². The summed E-state index contributed by atoms with van der Waals surface area (Å²) in [5.74, 6) is -1.22. The Morgan fingerprint density at radius 1 is 0.548 bits per heavy atom. The number of hydrogen-bond donors (Lipinski definition) is 5. The quantitative estimate of drug-likeness (QED) is 0.0128. The van der Waals surface area contributed by atoms with Crippen LogP contribution in [0.1, 0.15) is 123 Å². The molecule has 0 fully saturated rings. The van der Waals surface area contributed by atoms with Gasteiger partial charge >= 0.3 is 27.6 Å². The van der Waals surface area contributed by atoms with E-state index in [4.69, 9.17) is 23.8 Å². The first-order valence-electron chi connectivity index (χ1n) is 21.7. The zero-order valence-corrected chi connectivity index (χ0v) is 38.6. The van der Waals surface area contributed by atoms with Crippen LogP contribution in [0.3, 0.4) is 0 Å². The molecule has 2 unspecified atom stereocenters. The molecular formula is C46H74O14P2. The van der Waals surface area contributed by atoms with Crippen molar-refractivity contribution in [3.63, 3.8) is 0 Å². The summed E-state index contributed by atoms with van der Waals surface area (Å²) in [6.45, 7) is 1.38. The summed E-state index contributed by atoms with van der Waals surface area (Å²) in [4.78, 5) is 52.6. The Morgan fingerprint density at radius 3 is 1.69 bits per heavy atom. The number of aliphatic hydroxyl groups is 2. The van der Waals surface area contributed by atoms with Crippen molar-refractivity contribution in [3.05, 3.63) is 109 Å². The number of carbonyl (C=O) groups excluding carboxylic acids is 2. The molecule has 0 aliphatic heterocycles. The van der Waals surface area contributed by atoms with E-state index in [0.29, 0.717) is 25.7 Å². The van der Waals surface area contributed by atoms with Gasteiger partial charge in [-0.1, -0.05) is 136 Å². The van der Waals surface area contributed by atoms with Crippen LogP contribution in [-0.2, 0) is 41.8 Å². The van der Waals surface area contributed by atoms with Crippen LogP contribution in [0.25, 0.3) is 0 Å². The maximum Gasteiger partial charge on any atom is 0.472 e. The Hall–Kier alpha value is -3.26. The van der Waals surface area contributed by atoms with Crippen molar-refractivity contribution in [2.24, 2.45) is 0 Å². The first-order chi connectivity index (χ1) is 29.8. The molecule has 0 rings (SSSR count). The van der Waals surface area contributed by atoms with Gasteiger partial charge in [-0.15, -0.1) is 0 Å². The van der Waals surface area contributed by atoms with Crippen molar-refractivity contribution in [2.45, 2.75) is 141 Å². The van der Waals surface area contributed by atoms with Gasteiger partial charge in [0.05, 0.1) is 25.9 Å². The fraction of sp³-hybridized carbons (Fsp3) is 0.565. The normalized spacial score (nSPS) is 15.5. The molecule has 0 saturated carbocycles. The van der Waals surface area contributed by atoms with Crippen molar-refractivity contribution in [1.29, 1.82) is 0 Å². The number of hydrogen-bond acceptors (Lipinski definition) is 11. The highest BCUT2D eigenvalue weighted by Gasteiger charge is 2.28. The van der Waals surface area contributed by atoms with Crippen LogP contribution >= 0.6 is 15.6 Å². The van der Waals surface area contributed by atoms with E-state index in [-0.39, 0.29) is 12.8 Å². The highest BCUT2D eigenvalue weighted by atomic mass is 31.2. The van der Waals surface area contributed by atoms with E-state index in [1.165, 1.54) is 19.3 Å². The van der Waals surface area contributed by atoms with Gasteiger partial charge in [-0.3, -0.25) is 23.2 Å². The molecule has 0 heterocycles. The molecule has 16 heteroatoms. The van der Waals surface area contributed by atoms with Crippen LogP contribution in [-0.4, -0.2) is 81.6 Å². The maximum atomic E-state index is 12.6. The molecule has 352 valence electrons. The van der Waals surface area contributed by atoms with Crippen LogP contribution < -0.4 is 0 Å². The number of aliphatic hydroxyl groups excluding tert-OH is 2. The molecule has 0 saturated heterocycles. The molecule has 0 aliphatic carbocycles. The minimum atomic E-state index is -4.89. The lowest BCUT2D eigenvalue weighted by Crippen LogP contribution is -2.29. The Bertz CT molecular complexity index is 1520. The van der Waals surface area contributed by atoms with E-state index >= 15 is 0 Å². The van der Waals surface area contributed by atoms with Crippen molar-refractivity contribution >= 4 is 27.6 Å². The lowest BCUT2D eigenvalue weighted by molar-refractivity contribution is -0.161. The molecule has 5 N–H and O–H groups in total. The Kier molecular flexibility index (Phi) is 38.4. The van der Waals surface area contributed by atoms with Crippen molar-refractivity contribution < 1.29 is 66.7 Å². The summed E-state index contributed by atoms with van der Waals surface area (Å²) in [6, 6.07) is 0. The summed E-state index contributed by atoms with van der Waals surface area (Å²) >= 11 is 0. The van der Waals surface area contributed by atoms with Crippen LogP contribution in [0.15, 0.2) is 109 Å². The molecule has 62 heavy (non-hydrogen) atoms. The zero-order valence-electron chi connectivity index (χ0n) is 36.8. The second kappa shape index (κ2) is 40.5. The van der Waals surface area contributed by atoms with Crippen molar-refractivity contribution in [2.75, 3.05) is 26.4 Å². The highest BCUT2D eigenvalue weighted by molar-refractivity contribution is 7.47. The van der Waals surface area contributed by atoms with Crippen LogP contribution in [0.2, 0.25) is 0 Å². The number of carbonyl (C=O) groups is 2. The molecule has 0 spiro atoms. The zero-order chi connectivity index (χ0) is 46.0. The minimum Gasteiger partial charge on any atom is -0.462 e. The molecule has 0 aromatic heterocycles. The third-order valence-corrected chi connectivity index (χ3v) is 9.67. The Labute approximate surface area is 370 Å². The second-order valence-corrected chi connectivity index (χ2v) is 16.8. The van der Waals surface area contributed by atoms with Gasteiger partial charge in [0.1, 0.15) is 12.7 Å². The average molecular weight is 913 g/mol. The number of ether oxygens (including phenoxy) is 2. The first kappa shape index (κ1) is 58.7. The maximum absolute atomic E-state index is 12.6. The number of rotatable bonds is 39. The van der Waals surface area contributed by atoms with E-state index in [2.05, 4.69) is 65.4 Å². The van der Waals surface area contributed by atoms with Gasteiger partial charge in [0.2, 0.25) is 0 Å². The topological polar surface area (TPSA) is 216 Å². The van der Waals surface area contributed by atoms with Gasteiger partial charge < -0.3 is 34.4 Å². The van der Waals surface area contributed by atoms with Gasteiger partial charge in [-0.05, 0) is 83.5 Å². The SMILES string of the molecule is CC/C=C\C/C=C\CC(O)/C=C/C=C\C/C=C\C/C=C\CCC(=O)OC[C@H](COP(=O)(O)OC[C@@H](O)COP(=O)(O)O)OC(=O)CCCC/C=C\C/C=C\C/C=C\CCCCC. The predicted octanol–water partition coefficient (Wildman–Crippen LogP) is 10.1. The standard InChI is InChI=1S/C46H74O14P2/c1-3-5-7-9-11-12-13-14-15-16-17-22-25-29-33-37-46(50)60-44(41-59-62(54,55)58-39-43(48)38-57-61(51,52)53)40-56-45(49)36-32-28-24-21-19-18-20-23-27-31-35-42(47)34-30-26-10-8-6-4-2/h6,8,11-12,14-15,17-19,22-24,26-28,30-31,35,42-44,47-48H,3-5,7,9-10,13,16,20-21,25,29,32-34,36-41H2,1-2H3,(H,54,55)(H2,51,52,53)/b8-6-,12-11-,15-14-,19-18-,22-17-,27-23-,28-24-,30-26-,35-31+/t42?,43-,44+/m0/s1. The summed E-state index contributed by atoms with van der Waals surface area (Å²) < 4.78 is 47.6. The van der Waals surface area contributed by atoms with Gasteiger partial charge in [-0.25, -0.2) is 9.13 Å². The Morgan fingerprint density at radius 2 is 1.08 bits per heavy atom. The highest BCUT2D eigenvalue weighted by Crippen LogP contribution is 2.43. The smallest absolute Gasteiger partial charge is 0.462 e. The molecule has 0 radical (unpaired) electrons. The molecule has 14 nitrogen and oxygen atoms in total. The first-order valence-corrected chi connectivity index (χ1v) is 24.7. The molecule has 0 aromatic carbocycles. The van der Waals surface area contributed by atoms with Gasteiger partial charge in [-0.2, -0.15) is 0 Å². The summed E-state index contributed by atoms with van der Waals surface area (Å²) in [5, 5.41) is 19.7. The third kappa shape index (κ3) is 43.4. The van der Waals surface area contributed by atoms with E-state index in [0.717, 1.165) is 51.4 Å². The number of allylic oxidation sites excluding steroid dienone is 16. The fourth-order valence-electron chi connectivity index (χ4n) is 4.93. The third-order valence-electron chi connectivity index (χ3n) is 8.23. The van der Waals surface area contributed by atoms with Gasteiger partial charge in [0.25, 0.3) is 0 Å². The molecule has 0 aromatic rings. The van der Waals surface area contributed by atoms with Crippen molar-refractivity contribution in [1.82, 2.24) is 0 Å². The van der Waals surface area contributed by atoms with Gasteiger partial charge in [0, 0.05) is 12.8 Å². The summed E-state index contributed by atoms with van der Waals surface area (Å²) in [5.41, 5.74) is 0. The van der Waals surface area contributed by atoms with Crippen LogP contribution in [0.4, 0.5) is 0 Å². The van der Waals surface area contributed by atoms with Crippen LogP contribution in [0.5, 0.6) is 0 Å². The van der Waals surface area contributed by atoms with E-state index < -0.39 is 72.3 Å². The number of phosphoric ester groups is 2.